The van der Waals surface area contributed by atoms with Crippen LogP contribution in [0.15, 0.2) is 0 Å². The van der Waals surface area contributed by atoms with Gasteiger partial charge in [0.2, 0.25) is 0 Å². The number of rotatable bonds is 2. The Bertz CT molecular complexity index is 17.1. The van der Waals surface area contributed by atoms with Crippen LogP contribution in [-0.2, 0) is 4.84 Å². The SMILES string of the molecule is [Li][CH2]NOC. The van der Waals surface area contributed by atoms with E-state index in [0.717, 1.165) is 5.22 Å². The molecule has 0 saturated carbocycles. The molecule has 5 heavy (non-hydrogen) atoms. The van der Waals surface area contributed by atoms with Crippen molar-refractivity contribution >= 4 is 17.7 Å². The van der Waals surface area contributed by atoms with Crippen LogP contribution in [0.25, 0.3) is 0 Å². The van der Waals surface area contributed by atoms with Crippen molar-refractivity contribution < 1.29 is 4.84 Å². The van der Waals surface area contributed by atoms with Crippen molar-refractivity contribution in [3.05, 3.63) is 0 Å². The van der Waals surface area contributed by atoms with Crippen LogP contribution in [-0.4, -0.2) is 30.0 Å². The Morgan fingerprint density at radius 2 is 2.60 bits per heavy atom. The Morgan fingerprint density at radius 3 is 2.60 bits per heavy atom. The van der Waals surface area contributed by atoms with Gasteiger partial charge in [-0.3, -0.25) is 0 Å². The monoisotopic (exact) mass is 67.1 g/mol. The quantitative estimate of drug-likeness (QED) is 0.339. The Labute approximate surface area is 41.0 Å². The summed E-state index contributed by atoms with van der Waals surface area (Å²) in [6.45, 7) is 0. The molecule has 0 aromatic heterocycles. The van der Waals surface area contributed by atoms with E-state index < -0.39 is 0 Å². The van der Waals surface area contributed by atoms with E-state index in [1.807, 2.05) is 17.7 Å². The topological polar surface area (TPSA) is 21.3 Å². The maximum atomic E-state index is 4.44. The fraction of sp³-hybridized carbons (Fsp3) is 1.00. The second-order valence-corrected chi connectivity index (χ2v) is 0.702. The van der Waals surface area contributed by atoms with Crippen molar-refractivity contribution in [2.75, 3.05) is 12.3 Å². The second-order valence-electron chi connectivity index (χ2n) is 0.702. The van der Waals surface area contributed by atoms with Crippen molar-refractivity contribution in [2.45, 2.75) is 0 Å². The molecular formula is C2H6LiNO. The zero-order valence-electron chi connectivity index (χ0n) is 3.62. The number of hydrogen-bond acceptors (Lipinski definition) is 2. The van der Waals surface area contributed by atoms with E-state index in [-0.39, 0.29) is 0 Å². The van der Waals surface area contributed by atoms with Gasteiger partial charge in [-0.1, -0.05) is 0 Å². The summed E-state index contributed by atoms with van der Waals surface area (Å²) < 4.78 is 0. The van der Waals surface area contributed by atoms with Gasteiger partial charge in [0.1, 0.15) is 0 Å². The standard InChI is InChI=1S/C2H6NO.Li/c1-3-4-2;/h3H,1H2,2H3;. The van der Waals surface area contributed by atoms with E-state index in [1.54, 1.807) is 7.11 Å². The average molecular weight is 67.0 g/mol. The molecule has 0 rings (SSSR count). The predicted molar refractivity (Wildman–Crippen MR) is 20.8 cm³/mol. The third-order valence-corrected chi connectivity index (χ3v) is 0.289. The molecular weight excluding hydrogens is 61.0 g/mol. The third kappa shape index (κ3) is 4.52. The number of hydroxylamine groups is 1. The van der Waals surface area contributed by atoms with E-state index in [1.165, 1.54) is 0 Å². The third-order valence-electron chi connectivity index (χ3n) is 0.289. The summed E-state index contributed by atoms with van der Waals surface area (Å²) in [6, 6.07) is 0. The summed E-state index contributed by atoms with van der Waals surface area (Å²) in [6.07, 6.45) is 0. The summed E-state index contributed by atoms with van der Waals surface area (Å²) in [5.41, 5.74) is 2.61. The molecule has 0 saturated heterocycles. The molecule has 0 amide bonds. The molecule has 0 heterocycles. The molecule has 3 heteroatoms. The van der Waals surface area contributed by atoms with Crippen molar-refractivity contribution in [1.29, 1.82) is 0 Å². The van der Waals surface area contributed by atoms with Gasteiger partial charge in [0.15, 0.2) is 0 Å². The first-order valence-electron chi connectivity index (χ1n) is 1.67. The summed E-state index contributed by atoms with van der Waals surface area (Å²) in [5.74, 6) is 0. The van der Waals surface area contributed by atoms with Crippen LogP contribution in [0, 0.1) is 0 Å². The van der Waals surface area contributed by atoms with Crippen LogP contribution in [0.2, 0.25) is 0 Å². The molecule has 26 valence electrons. The molecule has 0 fully saturated rings. The summed E-state index contributed by atoms with van der Waals surface area (Å²) in [7, 11) is 1.60. The van der Waals surface area contributed by atoms with Gasteiger partial charge in [-0.25, -0.2) is 0 Å². The molecule has 2 nitrogen and oxygen atoms in total. The van der Waals surface area contributed by atoms with Gasteiger partial charge in [0.05, 0.1) is 0 Å². The first-order valence-corrected chi connectivity index (χ1v) is 1.67. The molecule has 0 aromatic carbocycles. The van der Waals surface area contributed by atoms with Crippen LogP contribution >= 0.6 is 0 Å². The minimum absolute atomic E-state index is 0.872. The molecule has 0 aliphatic heterocycles. The molecule has 0 aromatic rings. The number of hydrogen-bond donors (Lipinski definition) is 1. The van der Waals surface area contributed by atoms with E-state index in [0.29, 0.717) is 0 Å². The van der Waals surface area contributed by atoms with Crippen molar-refractivity contribution in [3.63, 3.8) is 0 Å². The normalized spacial score (nSPS) is 8.60. The summed E-state index contributed by atoms with van der Waals surface area (Å²) in [5, 5.41) is 0.872. The zero-order chi connectivity index (χ0) is 4.12. The number of nitrogens with one attached hydrogen (secondary N) is 1. The van der Waals surface area contributed by atoms with Crippen LogP contribution in [0.4, 0.5) is 0 Å². The fourth-order valence-electron chi connectivity index (χ4n) is 0.144. The molecule has 1 N–H and O–H groups in total. The van der Waals surface area contributed by atoms with E-state index in [2.05, 4.69) is 10.3 Å². The van der Waals surface area contributed by atoms with Crippen LogP contribution in [0.5, 0.6) is 0 Å². The average Bonchev–Trinajstić information content (AvgIpc) is 1.41. The van der Waals surface area contributed by atoms with E-state index >= 15 is 0 Å². The van der Waals surface area contributed by atoms with Gasteiger partial charge in [-0.15, -0.1) is 0 Å². The Morgan fingerprint density at radius 1 is 2.00 bits per heavy atom. The molecule has 0 bridgehead atoms. The fourth-order valence-corrected chi connectivity index (χ4v) is 0.144. The zero-order valence-corrected chi connectivity index (χ0v) is 3.62. The van der Waals surface area contributed by atoms with Crippen molar-refractivity contribution in [2.24, 2.45) is 0 Å². The Hall–Kier alpha value is 0.517. The van der Waals surface area contributed by atoms with E-state index in [9.17, 15) is 0 Å². The van der Waals surface area contributed by atoms with Crippen LogP contribution in [0.3, 0.4) is 0 Å². The van der Waals surface area contributed by atoms with Gasteiger partial charge < -0.3 is 0 Å². The van der Waals surface area contributed by atoms with Gasteiger partial charge in [0.25, 0.3) is 0 Å². The minimum atomic E-state index is 0.872. The molecule has 0 atom stereocenters. The Kier molecular flexibility index (Phi) is 4.98. The Balaban J connectivity index is 2.19. The first-order chi connectivity index (χ1) is 2.41. The molecule has 0 radical (unpaired) electrons. The summed E-state index contributed by atoms with van der Waals surface area (Å²) >= 11 is 1.98. The van der Waals surface area contributed by atoms with Crippen molar-refractivity contribution in [3.8, 4) is 0 Å². The molecule has 0 aliphatic carbocycles. The molecule has 0 aliphatic rings. The first kappa shape index (κ1) is 5.52. The molecule has 0 spiro atoms. The maximum absolute atomic E-state index is 4.44. The molecule has 0 unspecified atom stereocenters. The van der Waals surface area contributed by atoms with Gasteiger partial charge >= 0.3 is 40.4 Å². The van der Waals surface area contributed by atoms with Crippen LogP contribution in [0.1, 0.15) is 0 Å². The van der Waals surface area contributed by atoms with Crippen LogP contribution < -0.4 is 5.48 Å². The van der Waals surface area contributed by atoms with Gasteiger partial charge in [-0.2, -0.15) is 0 Å². The van der Waals surface area contributed by atoms with Gasteiger partial charge in [-0.05, 0) is 0 Å². The van der Waals surface area contributed by atoms with Crippen molar-refractivity contribution in [1.82, 2.24) is 5.48 Å². The second kappa shape index (κ2) is 4.52. The predicted octanol–water partition coefficient (Wildman–Crippen LogP) is -0.737. The summed E-state index contributed by atoms with van der Waals surface area (Å²) in [4.78, 5) is 4.44. The van der Waals surface area contributed by atoms with E-state index in [4.69, 9.17) is 0 Å². The van der Waals surface area contributed by atoms with Gasteiger partial charge in [0, 0.05) is 0 Å².